The van der Waals surface area contributed by atoms with Crippen molar-refractivity contribution < 1.29 is 14.3 Å². The Morgan fingerprint density at radius 2 is 2.00 bits per heavy atom. The van der Waals surface area contributed by atoms with Crippen LogP contribution in [0.25, 0.3) is 0 Å². The van der Waals surface area contributed by atoms with Crippen LogP contribution in [0.4, 0.5) is 5.69 Å². The molecule has 6 nitrogen and oxygen atoms in total. The van der Waals surface area contributed by atoms with Crippen LogP contribution in [0, 0.1) is 0 Å². The van der Waals surface area contributed by atoms with E-state index in [0.717, 1.165) is 32.6 Å². The van der Waals surface area contributed by atoms with Gasteiger partial charge in [0.2, 0.25) is 0 Å². The summed E-state index contributed by atoms with van der Waals surface area (Å²) in [6.45, 7) is 0. The van der Waals surface area contributed by atoms with Crippen molar-refractivity contribution >= 4 is 44.8 Å². The molecule has 3 heterocycles. The van der Waals surface area contributed by atoms with Crippen LogP contribution in [-0.2, 0) is 10.5 Å². The number of halogens is 2. The molecule has 0 aliphatic carbocycles. The van der Waals surface area contributed by atoms with Gasteiger partial charge in [0.15, 0.2) is 0 Å². The van der Waals surface area contributed by atoms with Crippen molar-refractivity contribution in [3.63, 3.8) is 0 Å². The van der Waals surface area contributed by atoms with Gasteiger partial charge in [0.05, 0.1) is 30.1 Å². The SMILES string of the molecule is COc1ccc(C2=NN3[C@@H](C2)c2cc(Cl)ccc2O[C@]32C(=O)Nc3ccc(Br)cc32)cc1. The summed E-state index contributed by atoms with van der Waals surface area (Å²) < 4.78 is 12.6. The number of carbonyl (C=O) groups is 1. The maximum absolute atomic E-state index is 13.5. The average molecular weight is 511 g/mol. The van der Waals surface area contributed by atoms with E-state index in [1.54, 1.807) is 18.2 Å². The van der Waals surface area contributed by atoms with Gasteiger partial charge in [0.25, 0.3) is 5.91 Å². The van der Waals surface area contributed by atoms with E-state index in [1.165, 1.54) is 0 Å². The van der Waals surface area contributed by atoms with E-state index in [2.05, 4.69) is 21.2 Å². The number of hydrogen-bond acceptors (Lipinski definition) is 5. The monoisotopic (exact) mass is 509 g/mol. The highest BCUT2D eigenvalue weighted by Crippen LogP contribution is 2.54. The summed E-state index contributed by atoms with van der Waals surface area (Å²) in [7, 11) is 1.64. The molecule has 0 fully saturated rings. The zero-order valence-electron chi connectivity index (χ0n) is 16.9. The van der Waals surface area contributed by atoms with E-state index >= 15 is 0 Å². The first-order chi connectivity index (χ1) is 15.5. The second-order valence-electron chi connectivity index (χ2n) is 7.91. The number of rotatable bonds is 2. The highest BCUT2D eigenvalue weighted by molar-refractivity contribution is 9.10. The smallest absolute Gasteiger partial charge is 0.306 e. The molecule has 8 heteroatoms. The van der Waals surface area contributed by atoms with Gasteiger partial charge in [-0.15, -0.1) is 0 Å². The van der Waals surface area contributed by atoms with E-state index in [1.807, 2.05) is 54.6 Å². The van der Waals surface area contributed by atoms with Gasteiger partial charge in [0, 0.05) is 21.5 Å². The van der Waals surface area contributed by atoms with Gasteiger partial charge in [-0.2, -0.15) is 5.10 Å². The number of amides is 1. The first-order valence-electron chi connectivity index (χ1n) is 10.1. The lowest BCUT2D eigenvalue weighted by Gasteiger charge is -2.44. The van der Waals surface area contributed by atoms with Crippen LogP contribution in [0.5, 0.6) is 11.5 Å². The maximum Gasteiger partial charge on any atom is 0.306 e. The van der Waals surface area contributed by atoms with Crippen molar-refractivity contribution in [1.82, 2.24) is 5.01 Å². The minimum Gasteiger partial charge on any atom is -0.497 e. The Morgan fingerprint density at radius 1 is 1.19 bits per heavy atom. The molecule has 0 bridgehead atoms. The average Bonchev–Trinajstić information content (AvgIpc) is 3.36. The van der Waals surface area contributed by atoms with E-state index in [-0.39, 0.29) is 11.9 Å². The van der Waals surface area contributed by atoms with E-state index in [9.17, 15) is 4.79 Å². The number of benzene rings is 3. The molecule has 0 unspecified atom stereocenters. The molecule has 3 aromatic rings. The summed E-state index contributed by atoms with van der Waals surface area (Å²) in [5.74, 6) is 1.14. The number of hydrazone groups is 1. The number of fused-ring (bicyclic) bond motifs is 6. The molecule has 1 amide bonds. The largest absolute Gasteiger partial charge is 0.497 e. The highest BCUT2D eigenvalue weighted by atomic mass is 79.9. The Bertz CT molecular complexity index is 1310. The van der Waals surface area contributed by atoms with Gasteiger partial charge in [-0.3, -0.25) is 4.79 Å². The quantitative estimate of drug-likeness (QED) is 0.497. The van der Waals surface area contributed by atoms with Crippen LogP contribution >= 0.6 is 27.5 Å². The molecule has 3 aromatic carbocycles. The second kappa shape index (κ2) is 6.98. The molecule has 2 atom stereocenters. The molecule has 0 saturated carbocycles. The van der Waals surface area contributed by atoms with E-state index in [4.69, 9.17) is 26.2 Å². The van der Waals surface area contributed by atoms with Crippen molar-refractivity contribution in [2.45, 2.75) is 18.2 Å². The zero-order valence-corrected chi connectivity index (χ0v) is 19.3. The van der Waals surface area contributed by atoms with Crippen LogP contribution < -0.4 is 14.8 Å². The lowest BCUT2D eigenvalue weighted by atomic mass is 9.92. The molecule has 32 heavy (non-hydrogen) atoms. The van der Waals surface area contributed by atoms with Gasteiger partial charge < -0.3 is 14.8 Å². The maximum atomic E-state index is 13.5. The third-order valence-electron chi connectivity index (χ3n) is 6.15. The molecule has 3 aliphatic heterocycles. The van der Waals surface area contributed by atoms with Crippen molar-refractivity contribution in [1.29, 1.82) is 0 Å². The van der Waals surface area contributed by atoms with Gasteiger partial charge in [-0.1, -0.05) is 27.5 Å². The third-order valence-corrected chi connectivity index (χ3v) is 6.88. The normalized spacial score (nSPS) is 22.6. The minimum absolute atomic E-state index is 0.203. The molecule has 1 spiro atoms. The van der Waals surface area contributed by atoms with Crippen LogP contribution in [-0.4, -0.2) is 23.7 Å². The number of hydrogen-bond donors (Lipinski definition) is 1. The van der Waals surface area contributed by atoms with Crippen molar-refractivity contribution in [3.05, 3.63) is 86.8 Å². The van der Waals surface area contributed by atoms with Crippen LogP contribution in [0.3, 0.4) is 0 Å². The number of methoxy groups -OCH3 is 1. The predicted octanol–water partition coefficient (Wildman–Crippen LogP) is 5.46. The standard InChI is InChI=1S/C24H17BrClN3O3/c1-31-16-6-2-13(3-7-16)20-12-21-17-11-15(26)5-9-22(17)32-24(29(21)28-20)18-10-14(25)4-8-19(18)27-23(24)30/h2-11,21H,12H2,1H3,(H,27,30)/t21-,24+/m0/s1. The topological polar surface area (TPSA) is 63.2 Å². The van der Waals surface area contributed by atoms with Gasteiger partial charge >= 0.3 is 5.72 Å². The fourth-order valence-electron chi connectivity index (χ4n) is 4.64. The van der Waals surface area contributed by atoms with Crippen molar-refractivity contribution in [2.75, 3.05) is 12.4 Å². The molecule has 6 rings (SSSR count). The van der Waals surface area contributed by atoms with Gasteiger partial charge in [-0.05, 0) is 66.2 Å². The fourth-order valence-corrected chi connectivity index (χ4v) is 5.18. The first-order valence-corrected chi connectivity index (χ1v) is 11.3. The van der Waals surface area contributed by atoms with E-state index < -0.39 is 5.72 Å². The van der Waals surface area contributed by atoms with E-state index in [0.29, 0.717) is 22.9 Å². The summed E-state index contributed by atoms with van der Waals surface area (Å²) in [6, 6.07) is 18.7. The Balaban J connectivity index is 1.55. The zero-order chi connectivity index (χ0) is 22.0. The molecule has 160 valence electrons. The van der Waals surface area contributed by atoms with Crippen LogP contribution in [0.2, 0.25) is 5.02 Å². The molecular formula is C24H17BrClN3O3. The summed E-state index contributed by atoms with van der Waals surface area (Å²) in [5.41, 5.74) is 2.77. The summed E-state index contributed by atoms with van der Waals surface area (Å²) in [6.07, 6.45) is 0.612. The number of nitrogens with one attached hydrogen (secondary N) is 1. The highest BCUT2D eigenvalue weighted by Gasteiger charge is 2.61. The Labute approximate surface area is 197 Å². The fraction of sp³-hybridized carbons (Fsp3) is 0.167. The molecular weight excluding hydrogens is 494 g/mol. The molecule has 0 aromatic heterocycles. The van der Waals surface area contributed by atoms with Crippen LogP contribution in [0.15, 0.2) is 70.2 Å². The number of anilines is 1. The lowest BCUT2D eigenvalue weighted by molar-refractivity contribution is -0.161. The number of carbonyl (C=O) groups excluding carboxylic acids is 1. The number of nitrogens with zero attached hydrogens (tertiary/aromatic N) is 2. The van der Waals surface area contributed by atoms with Crippen LogP contribution in [0.1, 0.15) is 29.2 Å². The third kappa shape index (κ3) is 2.71. The predicted molar refractivity (Wildman–Crippen MR) is 125 cm³/mol. The Morgan fingerprint density at radius 3 is 2.78 bits per heavy atom. The first kappa shape index (κ1) is 19.6. The summed E-state index contributed by atoms with van der Waals surface area (Å²) in [4.78, 5) is 13.5. The molecule has 1 N–H and O–H groups in total. The summed E-state index contributed by atoms with van der Waals surface area (Å²) >= 11 is 9.86. The van der Waals surface area contributed by atoms with Crippen molar-refractivity contribution in [2.24, 2.45) is 5.10 Å². The molecule has 0 radical (unpaired) electrons. The lowest BCUT2D eigenvalue weighted by Crippen LogP contribution is -2.55. The molecule has 0 saturated heterocycles. The Kier molecular flexibility index (Phi) is 4.29. The van der Waals surface area contributed by atoms with Gasteiger partial charge in [0.1, 0.15) is 11.5 Å². The van der Waals surface area contributed by atoms with Gasteiger partial charge in [-0.25, -0.2) is 5.01 Å². The minimum atomic E-state index is -1.40. The molecule has 3 aliphatic rings. The Hall–Kier alpha value is -3.03. The number of ether oxygens (including phenoxy) is 2. The summed E-state index contributed by atoms with van der Waals surface area (Å²) in [5, 5.41) is 10.3. The van der Waals surface area contributed by atoms with Crippen molar-refractivity contribution in [3.8, 4) is 11.5 Å². The second-order valence-corrected chi connectivity index (χ2v) is 9.26.